The van der Waals surface area contributed by atoms with Crippen LogP contribution in [0.4, 0.5) is 0 Å². The lowest BCUT2D eigenvalue weighted by Crippen LogP contribution is -2.53. The number of carbonyl (C=O) groups is 1. The molecule has 1 fully saturated rings. The molecule has 0 amide bonds. The van der Waals surface area contributed by atoms with E-state index in [1.165, 1.54) is 0 Å². The standard InChI is InChI=1S/C19H20ClNO4/c20-15-8-4-7-14(9-15)18(22)17-12-24-10-16(21-17)11-25-19(23)13-5-2-1-3-6-13/h1-9,16-18,21-22H,10-12H2. The molecule has 5 nitrogen and oxygen atoms in total. The summed E-state index contributed by atoms with van der Waals surface area (Å²) in [5, 5.41) is 14.4. The first kappa shape index (κ1) is 17.9. The Balaban J connectivity index is 1.55. The van der Waals surface area contributed by atoms with Gasteiger partial charge in [-0.1, -0.05) is 41.9 Å². The fourth-order valence-corrected chi connectivity index (χ4v) is 2.97. The van der Waals surface area contributed by atoms with E-state index in [0.717, 1.165) is 5.56 Å². The van der Waals surface area contributed by atoms with E-state index in [-0.39, 0.29) is 24.7 Å². The van der Waals surface area contributed by atoms with Gasteiger partial charge in [-0.2, -0.15) is 0 Å². The van der Waals surface area contributed by atoms with Crippen molar-refractivity contribution in [2.24, 2.45) is 0 Å². The summed E-state index contributed by atoms with van der Waals surface area (Å²) in [4.78, 5) is 12.0. The number of esters is 1. The summed E-state index contributed by atoms with van der Waals surface area (Å²) >= 11 is 5.98. The molecule has 1 saturated heterocycles. The monoisotopic (exact) mass is 361 g/mol. The molecule has 3 rings (SSSR count). The molecule has 2 aromatic carbocycles. The fourth-order valence-electron chi connectivity index (χ4n) is 2.77. The molecule has 3 atom stereocenters. The minimum Gasteiger partial charge on any atom is -0.460 e. The molecule has 0 bridgehead atoms. The number of carbonyl (C=O) groups excluding carboxylic acids is 1. The number of hydrogen-bond donors (Lipinski definition) is 2. The van der Waals surface area contributed by atoms with E-state index >= 15 is 0 Å². The predicted octanol–water partition coefficient (Wildman–Crippen LogP) is 2.59. The van der Waals surface area contributed by atoms with E-state index in [0.29, 0.717) is 23.8 Å². The van der Waals surface area contributed by atoms with Gasteiger partial charge in [0.1, 0.15) is 6.61 Å². The quantitative estimate of drug-likeness (QED) is 0.801. The van der Waals surface area contributed by atoms with Gasteiger partial charge in [0.2, 0.25) is 0 Å². The topological polar surface area (TPSA) is 67.8 Å². The van der Waals surface area contributed by atoms with Crippen LogP contribution in [0.25, 0.3) is 0 Å². The molecular weight excluding hydrogens is 342 g/mol. The third-order valence-corrected chi connectivity index (χ3v) is 4.30. The maximum absolute atomic E-state index is 12.0. The Morgan fingerprint density at radius 1 is 1.24 bits per heavy atom. The highest BCUT2D eigenvalue weighted by Gasteiger charge is 2.29. The summed E-state index contributed by atoms with van der Waals surface area (Å²) in [5.41, 5.74) is 1.23. The highest BCUT2D eigenvalue weighted by atomic mass is 35.5. The second-order valence-corrected chi connectivity index (χ2v) is 6.41. The molecule has 2 aromatic rings. The maximum atomic E-state index is 12.0. The lowest BCUT2D eigenvalue weighted by molar-refractivity contribution is -0.0219. The van der Waals surface area contributed by atoms with Crippen molar-refractivity contribution in [1.82, 2.24) is 5.32 Å². The molecule has 0 radical (unpaired) electrons. The van der Waals surface area contributed by atoms with Crippen LogP contribution in [-0.2, 0) is 9.47 Å². The Labute approximate surface area is 151 Å². The van der Waals surface area contributed by atoms with Gasteiger partial charge in [-0.25, -0.2) is 4.79 Å². The number of aliphatic hydroxyl groups excluding tert-OH is 1. The molecule has 25 heavy (non-hydrogen) atoms. The number of nitrogens with one attached hydrogen (secondary N) is 1. The molecule has 0 spiro atoms. The van der Waals surface area contributed by atoms with Gasteiger partial charge in [-0.3, -0.25) is 0 Å². The molecule has 0 saturated carbocycles. The molecule has 0 aliphatic carbocycles. The average molecular weight is 362 g/mol. The first-order valence-corrected chi connectivity index (χ1v) is 8.51. The zero-order valence-electron chi connectivity index (χ0n) is 13.6. The van der Waals surface area contributed by atoms with Gasteiger partial charge in [0.25, 0.3) is 0 Å². The lowest BCUT2D eigenvalue weighted by Gasteiger charge is -2.33. The van der Waals surface area contributed by atoms with Gasteiger partial charge < -0.3 is 19.9 Å². The van der Waals surface area contributed by atoms with Crippen molar-refractivity contribution >= 4 is 17.6 Å². The van der Waals surface area contributed by atoms with Crippen molar-refractivity contribution in [3.05, 3.63) is 70.7 Å². The Morgan fingerprint density at radius 3 is 2.80 bits per heavy atom. The van der Waals surface area contributed by atoms with Crippen LogP contribution in [0.5, 0.6) is 0 Å². The summed E-state index contributed by atoms with van der Waals surface area (Å²) in [6.45, 7) is 0.962. The Hall–Kier alpha value is -1.92. The normalized spacial score (nSPS) is 21.5. The predicted molar refractivity (Wildman–Crippen MR) is 94.7 cm³/mol. The number of hydrogen-bond acceptors (Lipinski definition) is 5. The van der Waals surface area contributed by atoms with Crippen LogP contribution < -0.4 is 5.32 Å². The van der Waals surface area contributed by atoms with Crippen LogP contribution >= 0.6 is 11.6 Å². The fraction of sp³-hybridized carbons (Fsp3) is 0.316. The van der Waals surface area contributed by atoms with E-state index in [9.17, 15) is 9.90 Å². The molecule has 132 valence electrons. The summed E-state index contributed by atoms with van der Waals surface area (Å²) in [6, 6.07) is 15.5. The van der Waals surface area contributed by atoms with Crippen molar-refractivity contribution in [1.29, 1.82) is 0 Å². The number of benzene rings is 2. The van der Waals surface area contributed by atoms with Crippen LogP contribution in [-0.4, -0.2) is 43.0 Å². The molecule has 0 aromatic heterocycles. The summed E-state index contributed by atoms with van der Waals surface area (Å²) in [7, 11) is 0. The van der Waals surface area contributed by atoms with E-state index in [2.05, 4.69) is 5.32 Å². The molecule has 6 heteroatoms. The van der Waals surface area contributed by atoms with Crippen LogP contribution in [0.2, 0.25) is 5.02 Å². The molecule has 3 unspecified atom stereocenters. The number of ether oxygens (including phenoxy) is 2. The molecule has 1 aliphatic heterocycles. The summed E-state index contributed by atoms with van der Waals surface area (Å²) < 4.78 is 10.9. The zero-order valence-corrected chi connectivity index (χ0v) is 14.4. The van der Waals surface area contributed by atoms with Crippen molar-refractivity contribution in [2.45, 2.75) is 18.2 Å². The van der Waals surface area contributed by atoms with Gasteiger partial charge in [0.05, 0.1) is 37.0 Å². The lowest BCUT2D eigenvalue weighted by atomic mass is 10.0. The van der Waals surface area contributed by atoms with Crippen molar-refractivity contribution in [3.8, 4) is 0 Å². The minimum atomic E-state index is -0.758. The molecule has 1 aliphatic rings. The van der Waals surface area contributed by atoms with Gasteiger partial charge in [0.15, 0.2) is 0 Å². The van der Waals surface area contributed by atoms with Gasteiger partial charge in [-0.05, 0) is 29.8 Å². The number of halogens is 1. The van der Waals surface area contributed by atoms with Crippen molar-refractivity contribution in [2.75, 3.05) is 19.8 Å². The van der Waals surface area contributed by atoms with Crippen LogP contribution in [0.1, 0.15) is 22.0 Å². The van der Waals surface area contributed by atoms with Gasteiger partial charge >= 0.3 is 5.97 Å². The third kappa shape index (κ3) is 4.80. The smallest absolute Gasteiger partial charge is 0.338 e. The van der Waals surface area contributed by atoms with Crippen molar-refractivity contribution in [3.63, 3.8) is 0 Å². The Kier molecular flexibility index (Phi) is 6.04. The third-order valence-electron chi connectivity index (χ3n) is 4.06. The molecular formula is C19H20ClNO4. The first-order valence-electron chi connectivity index (χ1n) is 8.13. The number of morpholine rings is 1. The Morgan fingerprint density at radius 2 is 2.04 bits per heavy atom. The van der Waals surface area contributed by atoms with Gasteiger partial charge in [-0.15, -0.1) is 0 Å². The van der Waals surface area contributed by atoms with E-state index in [1.807, 2.05) is 12.1 Å². The highest BCUT2D eigenvalue weighted by molar-refractivity contribution is 6.30. The largest absolute Gasteiger partial charge is 0.460 e. The maximum Gasteiger partial charge on any atom is 0.338 e. The molecule has 1 heterocycles. The van der Waals surface area contributed by atoms with E-state index < -0.39 is 6.10 Å². The summed E-state index contributed by atoms with van der Waals surface area (Å²) in [6.07, 6.45) is -0.758. The van der Waals surface area contributed by atoms with Gasteiger partial charge in [0, 0.05) is 5.02 Å². The second kappa shape index (κ2) is 8.45. The minimum absolute atomic E-state index is 0.173. The molecule has 2 N–H and O–H groups in total. The first-order chi connectivity index (χ1) is 12.1. The van der Waals surface area contributed by atoms with E-state index in [4.69, 9.17) is 21.1 Å². The number of aliphatic hydroxyl groups is 1. The highest BCUT2D eigenvalue weighted by Crippen LogP contribution is 2.22. The second-order valence-electron chi connectivity index (χ2n) is 5.97. The van der Waals surface area contributed by atoms with Crippen LogP contribution in [0.15, 0.2) is 54.6 Å². The Bertz CT molecular complexity index is 710. The SMILES string of the molecule is O=C(OCC1COCC(C(O)c2cccc(Cl)c2)N1)c1ccccc1. The number of rotatable bonds is 5. The summed E-state index contributed by atoms with van der Waals surface area (Å²) in [5.74, 6) is -0.375. The van der Waals surface area contributed by atoms with Crippen molar-refractivity contribution < 1.29 is 19.4 Å². The van der Waals surface area contributed by atoms with Crippen LogP contribution in [0.3, 0.4) is 0 Å². The zero-order chi connectivity index (χ0) is 17.6. The van der Waals surface area contributed by atoms with Crippen LogP contribution in [0, 0.1) is 0 Å². The van der Waals surface area contributed by atoms with E-state index in [1.54, 1.807) is 42.5 Å². The average Bonchev–Trinajstić information content (AvgIpc) is 2.66.